The SMILES string of the molecule is CCOCCn1c2c(c3ccccc31)C=CCC2. The van der Waals surface area contributed by atoms with E-state index < -0.39 is 0 Å². The maximum absolute atomic E-state index is 5.51. The first-order valence-electron chi connectivity index (χ1n) is 6.76. The fourth-order valence-corrected chi connectivity index (χ4v) is 2.82. The van der Waals surface area contributed by atoms with E-state index in [0.717, 1.165) is 32.6 Å². The average molecular weight is 241 g/mol. The summed E-state index contributed by atoms with van der Waals surface area (Å²) in [6, 6.07) is 8.68. The third-order valence-electron chi connectivity index (χ3n) is 3.62. The molecule has 2 aromatic rings. The fourth-order valence-electron chi connectivity index (χ4n) is 2.82. The van der Waals surface area contributed by atoms with Gasteiger partial charge in [0.25, 0.3) is 0 Å². The van der Waals surface area contributed by atoms with Gasteiger partial charge in [0.2, 0.25) is 0 Å². The molecule has 0 spiro atoms. The van der Waals surface area contributed by atoms with E-state index in [2.05, 4.69) is 41.0 Å². The van der Waals surface area contributed by atoms with E-state index in [9.17, 15) is 0 Å². The second kappa shape index (κ2) is 4.99. The molecule has 2 heteroatoms. The quantitative estimate of drug-likeness (QED) is 0.745. The van der Waals surface area contributed by atoms with Crippen molar-refractivity contribution in [1.82, 2.24) is 4.57 Å². The van der Waals surface area contributed by atoms with Crippen LogP contribution in [0, 0.1) is 0 Å². The zero-order valence-electron chi connectivity index (χ0n) is 10.9. The molecule has 0 saturated heterocycles. The lowest BCUT2D eigenvalue weighted by Gasteiger charge is -2.12. The number of nitrogens with zero attached hydrogens (tertiary/aromatic N) is 1. The van der Waals surface area contributed by atoms with Crippen LogP contribution in [0.5, 0.6) is 0 Å². The van der Waals surface area contributed by atoms with Crippen molar-refractivity contribution in [1.29, 1.82) is 0 Å². The summed E-state index contributed by atoms with van der Waals surface area (Å²) in [4.78, 5) is 0. The van der Waals surface area contributed by atoms with E-state index in [1.54, 1.807) is 0 Å². The van der Waals surface area contributed by atoms with Gasteiger partial charge in [0.05, 0.1) is 6.61 Å². The monoisotopic (exact) mass is 241 g/mol. The Labute approximate surface area is 108 Å². The van der Waals surface area contributed by atoms with Crippen LogP contribution in [-0.4, -0.2) is 17.8 Å². The molecule has 1 aliphatic carbocycles. The third-order valence-corrected chi connectivity index (χ3v) is 3.62. The first-order chi connectivity index (χ1) is 8.92. The number of rotatable bonds is 4. The number of para-hydroxylation sites is 1. The van der Waals surface area contributed by atoms with E-state index in [0.29, 0.717) is 0 Å². The second-order valence-electron chi connectivity index (χ2n) is 4.67. The van der Waals surface area contributed by atoms with Gasteiger partial charge in [-0.15, -0.1) is 0 Å². The van der Waals surface area contributed by atoms with Crippen LogP contribution in [0.15, 0.2) is 30.3 Å². The number of fused-ring (bicyclic) bond motifs is 3. The van der Waals surface area contributed by atoms with Crippen LogP contribution in [0.2, 0.25) is 0 Å². The van der Waals surface area contributed by atoms with Crippen molar-refractivity contribution in [2.24, 2.45) is 0 Å². The van der Waals surface area contributed by atoms with E-state index in [1.807, 2.05) is 6.92 Å². The van der Waals surface area contributed by atoms with Gasteiger partial charge in [0.1, 0.15) is 0 Å². The summed E-state index contributed by atoms with van der Waals surface area (Å²) >= 11 is 0. The molecule has 0 N–H and O–H groups in total. The van der Waals surface area contributed by atoms with Crippen molar-refractivity contribution in [3.63, 3.8) is 0 Å². The standard InChI is InChI=1S/C16H19NO/c1-2-18-12-11-17-15-9-5-3-7-13(15)14-8-4-6-10-16(14)17/h3-5,7-9H,2,6,10-12H2,1H3. The summed E-state index contributed by atoms with van der Waals surface area (Å²) in [5.41, 5.74) is 4.22. The van der Waals surface area contributed by atoms with Crippen LogP contribution in [0.4, 0.5) is 0 Å². The highest BCUT2D eigenvalue weighted by molar-refractivity contribution is 5.91. The smallest absolute Gasteiger partial charge is 0.0645 e. The Morgan fingerprint density at radius 1 is 1.28 bits per heavy atom. The Bertz CT molecular complexity index is 580. The summed E-state index contributed by atoms with van der Waals surface area (Å²) in [6.45, 7) is 4.59. The van der Waals surface area contributed by atoms with Crippen molar-refractivity contribution in [2.45, 2.75) is 26.3 Å². The number of benzene rings is 1. The summed E-state index contributed by atoms with van der Waals surface area (Å²) in [5.74, 6) is 0. The van der Waals surface area contributed by atoms with Gasteiger partial charge in [-0.25, -0.2) is 0 Å². The second-order valence-corrected chi connectivity index (χ2v) is 4.67. The summed E-state index contributed by atoms with van der Waals surface area (Å²) in [7, 11) is 0. The first kappa shape index (κ1) is 11.5. The van der Waals surface area contributed by atoms with Crippen molar-refractivity contribution in [3.05, 3.63) is 41.6 Å². The number of aromatic nitrogens is 1. The largest absolute Gasteiger partial charge is 0.380 e. The minimum absolute atomic E-state index is 0.793. The lowest BCUT2D eigenvalue weighted by atomic mass is 10.0. The Morgan fingerprint density at radius 3 is 3.06 bits per heavy atom. The average Bonchev–Trinajstić information content (AvgIpc) is 2.74. The first-order valence-corrected chi connectivity index (χ1v) is 6.76. The molecule has 1 aromatic carbocycles. The minimum Gasteiger partial charge on any atom is -0.380 e. The molecule has 94 valence electrons. The molecule has 0 unspecified atom stereocenters. The molecule has 0 atom stereocenters. The Kier molecular flexibility index (Phi) is 3.20. The highest BCUT2D eigenvalue weighted by Crippen LogP contribution is 2.30. The molecule has 1 aromatic heterocycles. The van der Waals surface area contributed by atoms with Crippen molar-refractivity contribution < 1.29 is 4.74 Å². The predicted molar refractivity (Wildman–Crippen MR) is 75.8 cm³/mol. The molecule has 1 aliphatic rings. The fraction of sp³-hybridized carbons (Fsp3) is 0.375. The van der Waals surface area contributed by atoms with E-state index >= 15 is 0 Å². The van der Waals surface area contributed by atoms with E-state index in [4.69, 9.17) is 4.74 Å². The van der Waals surface area contributed by atoms with Crippen molar-refractivity contribution in [3.8, 4) is 0 Å². The Hall–Kier alpha value is -1.54. The molecular weight excluding hydrogens is 222 g/mol. The summed E-state index contributed by atoms with van der Waals surface area (Å²) < 4.78 is 7.94. The number of hydrogen-bond donors (Lipinski definition) is 0. The van der Waals surface area contributed by atoms with Crippen molar-refractivity contribution >= 4 is 17.0 Å². The molecule has 1 heterocycles. The Morgan fingerprint density at radius 2 is 2.17 bits per heavy atom. The van der Waals surface area contributed by atoms with Crippen LogP contribution in [0.3, 0.4) is 0 Å². The molecule has 0 bridgehead atoms. The maximum atomic E-state index is 5.51. The van der Waals surface area contributed by atoms with Crippen LogP contribution in [0.1, 0.15) is 24.6 Å². The lowest BCUT2D eigenvalue weighted by molar-refractivity contribution is 0.139. The molecule has 0 radical (unpaired) electrons. The van der Waals surface area contributed by atoms with Gasteiger partial charge in [-0.2, -0.15) is 0 Å². The molecular formula is C16H19NO. The molecule has 2 nitrogen and oxygen atoms in total. The van der Waals surface area contributed by atoms with Gasteiger partial charge in [-0.1, -0.05) is 30.4 Å². The lowest BCUT2D eigenvalue weighted by Crippen LogP contribution is -2.10. The van der Waals surface area contributed by atoms with Crippen LogP contribution < -0.4 is 0 Å². The van der Waals surface area contributed by atoms with Gasteiger partial charge >= 0.3 is 0 Å². The van der Waals surface area contributed by atoms with Crippen LogP contribution >= 0.6 is 0 Å². The number of ether oxygens (including phenoxy) is 1. The van der Waals surface area contributed by atoms with Gasteiger partial charge in [-0.05, 0) is 25.8 Å². The predicted octanol–water partition coefficient (Wildman–Crippen LogP) is 3.64. The number of allylic oxidation sites excluding steroid dienone is 1. The zero-order valence-corrected chi connectivity index (χ0v) is 10.9. The van der Waals surface area contributed by atoms with E-state index in [-0.39, 0.29) is 0 Å². The van der Waals surface area contributed by atoms with Gasteiger partial charge < -0.3 is 9.30 Å². The highest BCUT2D eigenvalue weighted by Gasteiger charge is 2.16. The van der Waals surface area contributed by atoms with Crippen molar-refractivity contribution in [2.75, 3.05) is 13.2 Å². The summed E-state index contributed by atoms with van der Waals surface area (Å²) in [5, 5.41) is 1.37. The third kappa shape index (κ3) is 1.87. The van der Waals surface area contributed by atoms with Gasteiger partial charge in [-0.3, -0.25) is 0 Å². The number of hydrogen-bond acceptors (Lipinski definition) is 1. The molecule has 3 rings (SSSR count). The zero-order chi connectivity index (χ0) is 12.4. The minimum atomic E-state index is 0.793. The maximum Gasteiger partial charge on any atom is 0.0645 e. The summed E-state index contributed by atoms with van der Waals surface area (Å²) in [6.07, 6.45) is 6.85. The topological polar surface area (TPSA) is 14.2 Å². The van der Waals surface area contributed by atoms with Gasteiger partial charge in [0.15, 0.2) is 0 Å². The molecule has 0 saturated carbocycles. The normalized spacial score (nSPS) is 14.1. The van der Waals surface area contributed by atoms with Gasteiger partial charge in [0, 0.05) is 35.3 Å². The van der Waals surface area contributed by atoms with E-state index in [1.165, 1.54) is 22.2 Å². The molecule has 0 fully saturated rings. The highest BCUT2D eigenvalue weighted by atomic mass is 16.5. The van der Waals surface area contributed by atoms with Crippen LogP contribution in [-0.2, 0) is 17.7 Å². The van der Waals surface area contributed by atoms with Crippen LogP contribution in [0.25, 0.3) is 17.0 Å². The molecule has 18 heavy (non-hydrogen) atoms. The Balaban J connectivity index is 2.08. The molecule has 0 aliphatic heterocycles. The molecule has 0 amide bonds.